The van der Waals surface area contributed by atoms with Crippen molar-refractivity contribution in [1.82, 2.24) is 9.97 Å². The number of hydrogen-bond acceptors (Lipinski definition) is 8. The van der Waals surface area contributed by atoms with Crippen molar-refractivity contribution in [3.05, 3.63) is 34.1 Å². The number of benzene rings is 1. The number of amides is 2. The molecular weight excluding hydrogens is 356 g/mol. The predicted molar refractivity (Wildman–Crippen MR) is 96.1 cm³/mol. The van der Waals surface area contributed by atoms with E-state index in [1.54, 1.807) is 25.1 Å². The molecule has 1 aromatic carbocycles. The maximum absolute atomic E-state index is 12.3. The minimum atomic E-state index is -0.958. The van der Waals surface area contributed by atoms with Gasteiger partial charge < -0.3 is 31.6 Å². The van der Waals surface area contributed by atoms with E-state index in [-0.39, 0.29) is 24.1 Å². The van der Waals surface area contributed by atoms with Crippen LogP contribution in [-0.4, -0.2) is 34.6 Å². The zero-order valence-electron chi connectivity index (χ0n) is 14.4. The predicted octanol–water partition coefficient (Wildman–Crippen LogP) is 0.0169. The quantitative estimate of drug-likeness (QED) is 0.450. The highest BCUT2D eigenvalue weighted by Crippen LogP contribution is 2.35. The number of primary amides is 2. The fourth-order valence-corrected chi connectivity index (χ4v) is 2.51. The van der Waals surface area contributed by atoms with E-state index in [0.717, 1.165) is 0 Å². The van der Waals surface area contributed by atoms with Gasteiger partial charge in [-0.1, -0.05) is 6.92 Å². The first-order chi connectivity index (χ1) is 12.9. The zero-order chi connectivity index (χ0) is 19.6. The van der Waals surface area contributed by atoms with Crippen molar-refractivity contribution in [3.8, 4) is 11.5 Å². The van der Waals surface area contributed by atoms with Gasteiger partial charge in [-0.3, -0.25) is 19.4 Å². The molecule has 11 heteroatoms. The van der Waals surface area contributed by atoms with Crippen molar-refractivity contribution in [2.24, 2.45) is 11.5 Å². The van der Waals surface area contributed by atoms with Crippen molar-refractivity contribution in [2.75, 3.05) is 17.4 Å². The van der Waals surface area contributed by atoms with Crippen LogP contribution in [0.3, 0.4) is 0 Å². The Balaban J connectivity index is 1.97. The van der Waals surface area contributed by atoms with E-state index in [2.05, 4.69) is 20.6 Å². The van der Waals surface area contributed by atoms with Crippen LogP contribution in [0.25, 0.3) is 0 Å². The van der Waals surface area contributed by atoms with E-state index in [4.69, 9.17) is 20.9 Å². The lowest BCUT2D eigenvalue weighted by atomic mass is 10.2. The van der Waals surface area contributed by atoms with E-state index in [0.29, 0.717) is 23.6 Å². The molecule has 2 aromatic rings. The van der Waals surface area contributed by atoms with Gasteiger partial charge in [0.2, 0.25) is 18.6 Å². The van der Waals surface area contributed by atoms with Gasteiger partial charge in [0.05, 0.1) is 0 Å². The normalized spacial score (nSPS) is 13.1. The lowest BCUT2D eigenvalue weighted by molar-refractivity contribution is -0.118. The highest BCUT2D eigenvalue weighted by molar-refractivity contribution is 5.98. The Hall–Kier alpha value is -3.76. The molecule has 2 heterocycles. The summed E-state index contributed by atoms with van der Waals surface area (Å²) in [7, 11) is 0. The summed E-state index contributed by atoms with van der Waals surface area (Å²) in [6.45, 7) is 1.85. The van der Waals surface area contributed by atoms with Gasteiger partial charge in [0, 0.05) is 11.8 Å². The van der Waals surface area contributed by atoms with Crippen molar-refractivity contribution in [1.29, 1.82) is 0 Å². The molecule has 1 aliphatic heterocycles. The van der Waals surface area contributed by atoms with E-state index < -0.39 is 23.4 Å². The van der Waals surface area contributed by atoms with E-state index >= 15 is 0 Å². The van der Waals surface area contributed by atoms with E-state index in [9.17, 15) is 14.4 Å². The number of nitrogens with zero attached hydrogens (tertiary/aromatic N) is 1. The average molecular weight is 374 g/mol. The molecule has 0 saturated heterocycles. The standard InChI is InChI=1S/C16H18N6O5/c1-2-8(12(17)23)20-16-21-14(11(13(18)24)15(25)22-16)19-7-3-4-9-10(5-7)27-6-26-9/h3-5,8H,2,6H2,1H3,(H2,17,23)(H2,18,24)(H3,19,20,21,22,25)/t8-/m1/s1. The number of nitrogens with two attached hydrogens (primary N) is 2. The second-order valence-corrected chi connectivity index (χ2v) is 5.70. The van der Waals surface area contributed by atoms with Crippen molar-refractivity contribution >= 4 is 29.3 Å². The van der Waals surface area contributed by atoms with Crippen LogP contribution in [0.1, 0.15) is 23.7 Å². The molecule has 7 N–H and O–H groups in total. The monoisotopic (exact) mass is 374 g/mol. The molecule has 0 unspecified atom stereocenters. The number of nitrogens with one attached hydrogen (secondary N) is 3. The Morgan fingerprint density at radius 3 is 2.70 bits per heavy atom. The molecule has 0 aliphatic carbocycles. The van der Waals surface area contributed by atoms with Crippen LogP contribution in [0.5, 0.6) is 11.5 Å². The van der Waals surface area contributed by atoms with Gasteiger partial charge in [-0.2, -0.15) is 4.98 Å². The number of fused-ring (bicyclic) bond motifs is 1. The first kappa shape index (κ1) is 18.0. The number of carbonyl (C=O) groups is 2. The van der Waals surface area contributed by atoms with Gasteiger partial charge in [-0.15, -0.1) is 0 Å². The lowest BCUT2D eigenvalue weighted by Crippen LogP contribution is -2.36. The van der Waals surface area contributed by atoms with Gasteiger partial charge in [-0.25, -0.2) is 0 Å². The molecular formula is C16H18N6O5. The van der Waals surface area contributed by atoms with Crippen LogP contribution >= 0.6 is 0 Å². The molecule has 0 fully saturated rings. The number of aromatic amines is 1. The van der Waals surface area contributed by atoms with E-state index in [1.165, 1.54) is 0 Å². The Bertz CT molecular complexity index is 957. The van der Waals surface area contributed by atoms with Gasteiger partial charge in [-0.05, 0) is 18.6 Å². The van der Waals surface area contributed by atoms with Crippen LogP contribution in [-0.2, 0) is 4.79 Å². The highest BCUT2D eigenvalue weighted by Gasteiger charge is 2.20. The van der Waals surface area contributed by atoms with Gasteiger partial charge in [0.25, 0.3) is 11.5 Å². The second kappa shape index (κ2) is 7.23. The third kappa shape index (κ3) is 3.76. The van der Waals surface area contributed by atoms with Gasteiger partial charge >= 0.3 is 0 Å². The Labute approximate surface area is 153 Å². The van der Waals surface area contributed by atoms with Crippen LogP contribution in [0.2, 0.25) is 0 Å². The molecule has 0 bridgehead atoms. The fraction of sp³-hybridized carbons (Fsp3) is 0.250. The number of rotatable bonds is 7. The molecule has 0 spiro atoms. The first-order valence-electron chi connectivity index (χ1n) is 8.05. The highest BCUT2D eigenvalue weighted by atomic mass is 16.7. The third-order valence-electron chi connectivity index (χ3n) is 3.86. The largest absolute Gasteiger partial charge is 0.454 e. The van der Waals surface area contributed by atoms with Gasteiger partial charge in [0.1, 0.15) is 11.6 Å². The summed E-state index contributed by atoms with van der Waals surface area (Å²) in [6, 6.07) is 4.21. The molecule has 2 amide bonds. The number of ether oxygens (including phenoxy) is 2. The number of anilines is 3. The molecule has 11 nitrogen and oxygen atoms in total. The summed E-state index contributed by atoms with van der Waals surface area (Å²) in [4.78, 5) is 41.9. The SMILES string of the molecule is CC[C@@H](Nc1nc(Nc2ccc3c(c2)OCO3)c(C(N)=O)c(=O)[nH]1)C(N)=O. The molecule has 0 saturated carbocycles. The summed E-state index contributed by atoms with van der Waals surface area (Å²) in [6.07, 6.45) is 0.377. The van der Waals surface area contributed by atoms with Gasteiger partial charge in [0.15, 0.2) is 17.3 Å². The van der Waals surface area contributed by atoms with Crippen molar-refractivity contribution < 1.29 is 19.1 Å². The maximum Gasteiger partial charge on any atom is 0.267 e. The average Bonchev–Trinajstić information content (AvgIpc) is 3.06. The maximum atomic E-state index is 12.3. The molecule has 1 aliphatic rings. The van der Waals surface area contributed by atoms with Crippen LogP contribution in [0.15, 0.2) is 23.0 Å². The number of H-pyrrole nitrogens is 1. The summed E-state index contributed by atoms with van der Waals surface area (Å²) >= 11 is 0. The summed E-state index contributed by atoms with van der Waals surface area (Å²) in [5.41, 5.74) is 9.97. The Kier molecular flexibility index (Phi) is 4.83. The second-order valence-electron chi connectivity index (χ2n) is 5.70. The minimum Gasteiger partial charge on any atom is -0.454 e. The van der Waals surface area contributed by atoms with E-state index in [1.807, 2.05) is 0 Å². The molecule has 142 valence electrons. The Morgan fingerprint density at radius 2 is 2.04 bits per heavy atom. The number of aromatic nitrogens is 2. The first-order valence-corrected chi connectivity index (χ1v) is 8.05. The van der Waals surface area contributed by atoms with Crippen molar-refractivity contribution in [3.63, 3.8) is 0 Å². The lowest BCUT2D eigenvalue weighted by Gasteiger charge is -2.15. The van der Waals surface area contributed by atoms with Crippen molar-refractivity contribution in [2.45, 2.75) is 19.4 Å². The topological polar surface area (TPSA) is 174 Å². The molecule has 1 aromatic heterocycles. The fourth-order valence-electron chi connectivity index (χ4n) is 2.51. The summed E-state index contributed by atoms with van der Waals surface area (Å²) < 4.78 is 10.5. The molecule has 3 rings (SSSR count). The number of carbonyl (C=O) groups excluding carboxylic acids is 2. The summed E-state index contributed by atoms with van der Waals surface area (Å²) in [5, 5.41) is 5.59. The zero-order valence-corrected chi connectivity index (χ0v) is 14.4. The van der Waals surface area contributed by atoms with Crippen LogP contribution in [0, 0.1) is 0 Å². The molecule has 27 heavy (non-hydrogen) atoms. The number of hydrogen-bond donors (Lipinski definition) is 5. The Morgan fingerprint density at radius 1 is 1.30 bits per heavy atom. The molecule has 1 atom stereocenters. The van der Waals surface area contributed by atoms with Crippen LogP contribution < -0.4 is 37.1 Å². The summed E-state index contributed by atoms with van der Waals surface area (Å²) in [5.74, 6) is -0.594. The smallest absolute Gasteiger partial charge is 0.267 e. The minimum absolute atomic E-state index is 0.0288. The molecule has 0 radical (unpaired) electrons. The van der Waals surface area contributed by atoms with Crippen LogP contribution in [0.4, 0.5) is 17.5 Å². The third-order valence-corrected chi connectivity index (χ3v) is 3.86.